The van der Waals surface area contributed by atoms with Crippen molar-refractivity contribution < 1.29 is 19.5 Å². The number of allylic oxidation sites excluding steroid dienone is 1. The van der Waals surface area contributed by atoms with E-state index in [0.29, 0.717) is 16.8 Å². The minimum Gasteiger partial charge on any atom is -0.478 e. The van der Waals surface area contributed by atoms with E-state index in [9.17, 15) is 14.4 Å². The topological polar surface area (TPSA) is 86.7 Å². The van der Waals surface area contributed by atoms with Crippen molar-refractivity contribution in [3.63, 3.8) is 0 Å². The van der Waals surface area contributed by atoms with Crippen LogP contribution in [0.5, 0.6) is 0 Å². The number of hydrogen-bond acceptors (Lipinski definition) is 4. The van der Waals surface area contributed by atoms with Crippen molar-refractivity contribution in [2.75, 3.05) is 24.3 Å². The molecule has 0 aliphatic heterocycles. The summed E-state index contributed by atoms with van der Waals surface area (Å²) >= 11 is 0. The van der Waals surface area contributed by atoms with Gasteiger partial charge in [-0.1, -0.05) is 45.9 Å². The number of carbonyl (C=O) groups is 3. The number of ketones is 1. The van der Waals surface area contributed by atoms with Gasteiger partial charge in [-0.2, -0.15) is 0 Å². The van der Waals surface area contributed by atoms with Gasteiger partial charge in [-0.3, -0.25) is 9.59 Å². The van der Waals surface area contributed by atoms with Gasteiger partial charge in [0.1, 0.15) is 0 Å². The number of nitrogens with one attached hydrogen (secondary N) is 1. The van der Waals surface area contributed by atoms with Gasteiger partial charge >= 0.3 is 5.97 Å². The Labute approximate surface area is 230 Å². The fourth-order valence-corrected chi connectivity index (χ4v) is 5.14. The maximum Gasteiger partial charge on any atom is 0.335 e. The smallest absolute Gasteiger partial charge is 0.335 e. The fourth-order valence-electron chi connectivity index (χ4n) is 5.14. The van der Waals surface area contributed by atoms with Crippen molar-refractivity contribution in [1.29, 1.82) is 0 Å². The van der Waals surface area contributed by atoms with Crippen LogP contribution in [0.4, 0.5) is 11.4 Å². The van der Waals surface area contributed by atoms with Gasteiger partial charge in [0, 0.05) is 36.6 Å². The number of carboxylic acid groups (broad SMARTS) is 1. The van der Waals surface area contributed by atoms with Gasteiger partial charge in [0.2, 0.25) is 0 Å². The minimum atomic E-state index is -0.996. The van der Waals surface area contributed by atoms with Crippen LogP contribution in [-0.4, -0.2) is 36.9 Å². The fraction of sp³-hybridized carbons (Fsp3) is 0.303. The highest BCUT2D eigenvalue weighted by Crippen LogP contribution is 2.49. The Hall–Kier alpha value is -4.19. The lowest BCUT2D eigenvalue weighted by molar-refractivity contribution is 0.0696. The molecule has 0 heterocycles. The Morgan fingerprint density at radius 2 is 1.41 bits per heavy atom. The predicted octanol–water partition coefficient (Wildman–Crippen LogP) is 6.95. The van der Waals surface area contributed by atoms with Crippen molar-refractivity contribution in [3.8, 4) is 0 Å². The molecule has 3 aromatic rings. The monoisotopic (exact) mass is 524 g/mol. The van der Waals surface area contributed by atoms with Gasteiger partial charge in [0.25, 0.3) is 5.91 Å². The van der Waals surface area contributed by atoms with Crippen LogP contribution in [0.2, 0.25) is 0 Å². The zero-order valence-corrected chi connectivity index (χ0v) is 23.5. The minimum absolute atomic E-state index is 0.162. The van der Waals surface area contributed by atoms with Crippen molar-refractivity contribution >= 4 is 35.1 Å². The molecule has 1 amide bonds. The SMILES string of the molecule is CN(C)c1ccc(C(=O)Nc2cc(C(=O)/C=C/c3ccc(C(=O)O)cc3)cc3c2C(C)(C)CCC3(C)C)cc1. The van der Waals surface area contributed by atoms with Gasteiger partial charge in [-0.15, -0.1) is 0 Å². The van der Waals surface area contributed by atoms with E-state index >= 15 is 0 Å². The van der Waals surface area contributed by atoms with E-state index in [1.165, 1.54) is 18.2 Å². The van der Waals surface area contributed by atoms with E-state index in [-0.39, 0.29) is 28.1 Å². The number of anilines is 2. The zero-order chi connectivity index (χ0) is 28.5. The molecule has 0 saturated heterocycles. The van der Waals surface area contributed by atoms with E-state index in [1.54, 1.807) is 36.4 Å². The predicted molar refractivity (Wildman–Crippen MR) is 157 cm³/mol. The molecule has 0 unspecified atom stereocenters. The van der Waals surface area contributed by atoms with E-state index in [4.69, 9.17) is 5.11 Å². The number of fused-ring (bicyclic) bond motifs is 1. The molecule has 0 saturated carbocycles. The number of nitrogens with zero attached hydrogens (tertiary/aromatic N) is 1. The summed E-state index contributed by atoms with van der Waals surface area (Å²) in [6.45, 7) is 8.73. The third-order valence-electron chi connectivity index (χ3n) is 7.68. The third kappa shape index (κ3) is 5.95. The molecular weight excluding hydrogens is 488 g/mol. The highest BCUT2D eigenvalue weighted by Gasteiger charge is 2.39. The second kappa shape index (κ2) is 10.5. The van der Waals surface area contributed by atoms with Gasteiger partial charge in [0.15, 0.2) is 5.78 Å². The molecule has 2 N–H and O–H groups in total. The average molecular weight is 525 g/mol. The standard InChI is InChI=1S/C33H36N2O4/c1-32(2)17-18-33(3,4)29-26(32)19-24(28(36)16-9-21-7-10-23(11-8-21)31(38)39)20-27(29)34-30(37)22-12-14-25(15-13-22)35(5)6/h7-16,19-20H,17-18H2,1-6H3,(H,34,37)(H,38,39)/b16-9+. The number of amides is 1. The molecule has 1 aliphatic carbocycles. The third-order valence-corrected chi connectivity index (χ3v) is 7.68. The first kappa shape index (κ1) is 27.8. The molecule has 0 spiro atoms. The number of carbonyl (C=O) groups excluding carboxylic acids is 2. The second-order valence-corrected chi connectivity index (χ2v) is 11.7. The average Bonchev–Trinajstić information content (AvgIpc) is 2.89. The van der Waals surface area contributed by atoms with Crippen LogP contribution < -0.4 is 10.2 Å². The summed E-state index contributed by atoms with van der Waals surface area (Å²) < 4.78 is 0. The van der Waals surface area contributed by atoms with Crippen LogP contribution in [0.15, 0.2) is 66.7 Å². The molecule has 0 aromatic heterocycles. The van der Waals surface area contributed by atoms with E-state index in [2.05, 4.69) is 33.0 Å². The summed E-state index contributed by atoms with van der Waals surface area (Å²) in [5, 5.41) is 12.2. The van der Waals surface area contributed by atoms with Crippen molar-refractivity contribution in [2.24, 2.45) is 0 Å². The van der Waals surface area contributed by atoms with Crippen molar-refractivity contribution in [2.45, 2.75) is 51.4 Å². The molecule has 0 fully saturated rings. The Morgan fingerprint density at radius 3 is 2.00 bits per heavy atom. The molecule has 39 heavy (non-hydrogen) atoms. The molecule has 0 bridgehead atoms. The number of aromatic carboxylic acids is 1. The van der Waals surface area contributed by atoms with Gasteiger partial charge in [-0.25, -0.2) is 4.79 Å². The normalized spacial score (nSPS) is 15.4. The second-order valence-electron chi connectivity index (χ2n) is 11.7. The van der Waals surface area contributed by atoms with E-state index in [1.807, 2.05) is 37.2 Å². The maximum atomic E-state index is 13.4. The maximum absolute atomic E-state index is 13.4. The van der Waals surface area contributed by atoms with Crippen LogP contribution in [0.25, 0.3) is 6.08 Å². The summed E-state index contributed by atoms with van der Waals surface area (Å²) in [6, 6.07) is 17.5. The Kier molecular flexibility index (Phi) is 7.51. The number of rotatable bonds is 7. The number of hydrogen-bond donors (Lipinski definition) is 2. The summed E-state index contributed by atoms with van der Waals surface area (Å²) in [7, 11) is 3.90. The van der Waals surface area contributed by atoms with Crippen LogP contribution >= 0.6 is 0 Å². The first-order valence-corrected chi connectivity index (χ1v) is 13.1. The summed E-state index contributed by atoms with van der Waals surface area (Å²) in [4.78, 5) is 39.8. The van der Waals surface area contributed by atoms with E-state index < -0.39 is 5.97 Å². The zero-order valence-electron chi connectivity index (χ0n) is 23.5. The van der Waals surface area contributed by atoms with Gasteiger partial charge in [-0.05, 0) is 95.0 Å². The lowest BCUT2D eigenvalue weighted by atomic mass is 9.62. The summed E-state index contributed by atoms with van der Waals surface area (Å²) in [6.07, 6.45) is 5.10. The summed E-state index contributed by atoms with van der Waals surface area (Å²) in [5.74, 6) is -1.41. The molecule has 6 nitrogen and oxygen atoms in total. The molecule has 4 rings (SSSR count). The Morgan fingerprint density at radius 1 is 0.821 bits per heavy atom. The largest absolute Gasteiger partial charge is 0.478 e. The van der Waals surface area contributed by atoms with Gasteiger partial charge < -0.3 is 15.3 Å². The Bertz CT molecular complexity index is 1450. The van der Waals surface area contributed by atoms with Gasteiger partial charge in [0.05, 0.1) is 5.56 Å². The molecule has 3 aromatic carbocycles. The molecule has 6 heteroatoms. The first-order chi connectivity index (χ1) is 18.3. The van der Waals surface area contributed by atoms with E-state index in [0.717, 1.165) is 35.2 Å². The van der Waals surface area contributed by atoms with Crippen molar-refractivity contribution in [3.05, 3.63) is 100 Å². The Balaban J connectivity index is 1.72. The molecule has 1 aliphatic rings. The van der Waals surface area contributed by atoms with Crippen LogP contribution in [0.3, 0.4) is 0 Å². The number of carboxylic acids is 1. The summed E-state index contributed by atoms with van der Waals surface area (Å²) in [5.41, 5.74) is 5.43. The molecule has 0 radical (unpaired) electrons. The highest BCUT2D eigenvalue weighted by atomic mass is 16.4. The lowest BCUT2D eigenvalue weighted by Gasteiger charge is -2.43. The van der Waals surface area contributed by atoms with Crippen LogP contribution in [0.1, 0.15) is 88.3 Å². The molecule has 0 atom stereocenters. The quantitative estimate of drug-likeness (QED) is 0.258. The van der Waals surface area contributed by atoms with Crippen molar-refractivity contribution in [1.82, 2.24) is 0 Å². The lowest BCUT2D eigenvalue weighted by Crippen LogP contribution is -2.35. The molecule has 202 valence electrons. The highest BCUT2D eigenvalue weighted by molar-refractivity contribution is 6.10. The van der Waals surface area contributed by atoms with Crippen LogP contribution in [0, 0.1) is 0 Å². The van der Waals surface area contributed by atoms with Crippen LogP contribution in [-0.2, 0) is 10.8 Å². The molecular formula is C33H36N2O4. The first-order valence-electron chi connectivity index (χ1n) is 13.1. The number of benzene rings is 3.